The predicted molar refractivity (Wildman–Crippen MR) is 40.6 cm³/mol. The second-order valence-electron chi connectivity index (χ2n) is 2.05. The molecule has 0 aliphatic carbocycles. The minimum Gasteiger partial charge on any atom is -0.469 e. The molecule has 0 aromatic rings. The maximum absolute atomic E-state index is 11.5. The number of carbonyl (C=O) groups is 1. The molecular weight excluding hydrogens is 128 g/mol. The van der Waals surface area contributed by atoms with E-state index in [1.165, 1.54) is 0 Å². The molecule has 0 unspecified atom stereocenters. The molecule has 2 heteroatoms. The van der Waals surface area contributed by atoms with E-state index in [4.69, 9.17) is 12.3 Å². The summed E-state index contributed by atoms with van der Waals surface area (Å²) in [6.07, 6.45) is 0. The first-order valence-corrected chi connectivity index (χ1v) is 2.72. The molecule has 0 rings (SSSR count). The van der Waals surface area contributed by atoms with Gasteiger partial charge >= 0.3 is 5.97 Å². The lowest BCUT2D eigenvalue weighted by molar-refractivity contribution is -0.148. The Balaban J connectivity index is 6.35. The summed E-state index contributed by atoms with van der Waals surface area (Å²) >= 11 is 0. The molecule has 0 aliphatic heterocycles. The third kappa shape index (κ3) is 2.38. The van der Waals surface area contributed by atoms with Crippen LogP contribution in [0, 0.1) is 11.3 Å². The van der Waals surface area contributed by atoms with Crippen LogP contribution in [0.25, 0.3) is 0 Å². The Morgan fingerprint density at radius 3 is 2.40 bits per heavy atom. The summed E-state index contributed by atoms with van der Waals surface area (Å²) in [6, 6.07) is 0. The van der Waals surface area contributed by atoms with Crippen LogP contribution in [0.3, 0.4) is 0 Å². The van der Waals surface area contributed by atoms with Crippen LogP contribution in [0.1, 0.15) is 39.8 Å². The summed E-state index contributed by atoms with van der Waals surface area (Å²) in [5.74, 6) is -3.03. The van der Waals surface area contributed by atoms with Gasteiger partial charge in [0.2, 0.25) is 0 Å². The molecule has 0 aliphatic rings. The van der Waals surface area contributed by atoms with Gasteiger partial charge in [0.1, 0.15) is 0 Å². The number of hydrogen-bond donors (Lipinski definition) is 0. The molecule has 0 fully saturated rings. The van der Waals surface area contributed by atoms with Gasteiger partial charge in [0, 0.05) is 12.3 Å². The van der Waals surface area contributed by atoms with Crippen LogP contribution in [0.5, 0.6) is 0 Å². The van der Waals surface area contributed by atoms with Gasteiger partial charge in [0.15, 0.2) is 0 Å². The molecule has 0 aromatic carbocycles. The molecule has 0 amide bonds. The van der Waals surface area contributed by atoms with Crippen molar-refractivity contribution in [2.45, 2.75) is 27.5 Å². The highest BCUT2D eigenvalue weighted by Crippen LogP contribution is 2.25. The third-order valence-electron chi connectivity index (χ3n) is 1.20. The molecule has 0 saturated carbocycles. The number of methoxy groups -OCH3 is 1. The fourth-order valence-corrected chi connectivity index (χ4v) is 0.354. The highest BCUT2D eigenvalue weighted by atomic mass is 16.5. The van der Waals surface area contributed by atoms with Crippen molar-refractivity contribution in [1.82, 2.24) is 0 Å². The molecule has 0 bridgehead atoms. The van der Waals surface area contributed by atoms with E-state index in [2.05, 4.69) is 4.74 Å². The van der Waals surface area contributed by atoms with Gasteiger partial charge in [-0.3, -0.25) is 4.79 Å². The predicted octanol–water partition coefficient (Wildman–Crippen LogP) is 1.84. The van der Waals surface area contributed by atoms with E-state index < -0.39 is 37.9 Å². The first-order chi connectivity index (χ1) is 8.14. The van der Waals surface area contributed by atoms with E-state index >= 15 is 0 Å². The maximum atomic E-state index is 11.5. The van der Waals surface area contributed by atoms with Crippen molar-refractivity contribution in [3.05, 3.63) is 0 Å². The summed E-state index contributed by atoms with van der Waals surface area (Å²) < 4.78 is 70.5. The molecule has 60 valence electrons. The first-order valence-electron chi connectivity index (χ1n) is 7.22. The van der Waals surface area contributed by atoms with Gasteiger partial charge in [-0.15, -0.1) is 0 Å². The van der Waals surface area contributed by atoms with Crippen LogP contribution in [0.2, 0.25) is 0 Å². The van der Waals surface area contributed by atoms with Crippen molar-refractivity contribution in [3.8, 4) is 0 Å². The molecule has 10 heavy (non-hydrogen) atoms. The van der Waals surface area contributed by atoms with Gasteiger partial charge in [-0.25, -0.2) is 0 Å². The van der Waals surface area contributed by atoms with E-state index in [1.807, 2.05) is 0 Å². The Kier molecular flexibility index (Phi) is 0.677. The Morgan fingerprint density at radius 2 is 2.10 bits per heavy atom. The Hall–Kier alpha value is -0.530. The summed E-state index contributed by atoms with van der Waals surface area (Å²) in [4.78, 5) is 11.5. The topological polar surface area (TPSA) is 26.3 Å². The molecule has 0 radical (unpaired) electrons. The Bertz CT molecular complexity index is 302. The zero-order valence-corrected chi connectivity index (χ0v) is 5.89. The minimum atomic E-state index is -3.39. The zero-order valence-electron chi connectivity index (χ0n) is 14.9. The van der Waals surface area contributed by atoms with Gasteiger partial charge in [0.25, 0.3) is 0 Å². The van der Waals surface area contributed by atoms with E-state index in [1.54, 1.807) is 0 Å². The Morgan fingerprint density at radius 1 is 1.60 bits per heavy atom. The molecular formula is C8H16O2. The van der Waals surface area contributed by atoms with Gasteiger partial charge in [-0.1, -0.05) is 27.5 Å². The fourth-order valence-electron chi connectivity index (χ4n) is 0.354. The lowest BCUT2D eigenvalue weighted by Crippen LogP contribution is -2.26. The summed E-state index contributed by atoms with van der Waals surface area (Å²) in [5, 5.41) is 0. The molecule has 0 heterocycles. The average Bonchev–Trinajstić information content (AvgIpc) is 2.09. The first kappa shape index (κ1) is 2.23. The Labute approximate surface area is 75.2 Å². The van der Waals surface area contributed by atoms with Gasteiger partial charge in [-0.2, -0.15) is 0 Å². The quantitative estimate of drug-likeness (QED) is 0.537. The van der Waals surface area contributed by atoms with Gasteiger partial charge in [0.05, 0.1) is 13.0 Å². The van der Waals surface area contributed by atoms with Crippen LogP contribution in [-0.2, 0) is 9.53 Å². The standard InChI is InChI=1S/C8H16O2/c1-6(7(9)10-5)8(2,3)4/h6H,1-5H3/t6-/m1/s1/i2D3,3D3,4D3. The minimum absolute atomic E-state index is 0.933. The van der Waals surface area contributed by atoms with Gasteiger partial charge < -0.3 is 4.74 Å². The average molecular weight is 153 g/mol. The summed E-state index contributed by atoms with van der Waals surface area (Å²) in [6.45, 7) is -9.23. The number of hydrogen-bond acceptors (Lipinski definition) is 2. The van der Waals surface area contributed by atoms with E-state index in [0.717, 1.165) is 14.0 Å². The fraction of sp³-hybridized carbons (Fsp3) is 0.875. The highest BCUT2D eigenvalue weighted by molar-refractivity contribution is 5.72. The van der Waals surface area contributed by atoms with Crippen LogP contribution in [-0.4, -0.2) is 13.1 Å². The summed E-state index contributed by atoms with van der Waals surface area (Å²) in [5.41, 5.74) is -3.18. The second-order valence-corrected chi connectivity index (χ2v) is 2.05. The van der Waals surface area contributed by atoms with E-state index in [0.29, 0.717) is 0 Å². The van der Waals surface area contributed by atoms with Crippen molar-refractivity contribution < 1.29 is 21.9 Å². The number of esters is 1. The third-order valence-corrected chi connectivity index (χ3v) is 1.20. The molecule has 0 aromatic heterocycles. The second kappa shape index (κ2) is 3.04. The summed E-state index contributed by atoms with van der Waals surface area (Å²) in [7, 11) is 0.933. The molecule has 0 spiro atoms. The lowest BCUT2D eigenvalue weighted by atomic mass is 9.82. The maximum Gasteiger partial charge on any atom is 0.308 e. The van der Waals surface area contributed by atoms with Crippen molar-refractivity contribution in [3.63, 3.8) is 0 Å². The largest absolute Gasteiger partial charge is 0.469 e. The van der Waals surface area contributed by atoms with E-state index in [9.17, 15) is 4.79 Å². The monoisotopic (exact) mass is 153 g/mol. The zero-order chi connectivity index (χ0) is 15.9. The normalized spacial score (nSPS) is 31.6. The van der Waals surface area contributed by atoms with Crippen LogP contribution in [0.15, 0.2) is 0 Å². The molecule has 0 saturated heterocycles. The van der Waals surface area contributed by atoms with Crippen LogP contribution < -0.4 is 0 Å². The van der Waals surface area contributed by atoms with Gasteiger partial charge in [-0.05, 0) is 5.41 Å². The van der Waals surface area contributed by atoms with Crippen molar-refractivity contribution in [1.29, 1.82) is 0 Å². The number of carbonyl (C=O) groups excluding carboxylic acids is 1. The SMILES string of the molecule is [2H]C([2H])([2H])C([C@H](C)C(=O)OC)(C([2H])([2H])[2H])C([2H])([2H])[2H]. The highest BCUT2D eigenvalue weighted by Gasteiger charge is 2.27. The molecule has 1 atom stereocenters. The number of rotatable bonds is 1. The molecule has 0 N–H and O–H groups in total. The lowest BCUT2D eigenvalue weighted by Gasteiger charge is -2.24. The van der Waals surface area contributed by atoms with Crippen molar-refractivity contribution in [2.24, 2.45) is 11.3 Å². The number of ether oxygens (including phenoxy) is 1. The van der Waals surface area contributed by atoms with Crippen LogP contribution >= 0.6 is 0 Å². The molecule has 2 nitrogen and oxygen atoms in total. The van der Waals surface area contributed by atoms with E-state index in [-0.39, 0.29) is 0 Å². The van der Waals surface area contributed by atoms with Crippen LogP contribution in [0.4, 0.5) is 0 Å². The smallest absolute Gasteiger partial charge is 0.308 e. The van der Waals surface area contributed by atoms with Crippen molar-refractivity contribution >= 4 is 5.97 Å². The van der Waals surface area contributed by atoms with Crippen molar-refractivity contribution in [2.75, 3.05) is 7.11 Å².